The number of aromatic nitrogens is 1. The fraction of sp³-hybridized carbons (Fsp3) is 0.318. The smallest absolute Gasteiger partial charge is 0.223 e. The number of carbonyl (C=O) groups excluding carboxylic acids is 1. The van der Waals surface area contributed by atoms with Crippen molar-refractivity contribution in [2.75, 3.05) is 13.2 Å². The van der Waals surface area contributed by atoms with Gasteiger partial charge in [0.1, 0.15) is 17.5 Å². The van der Waals surface area contributed by atoms with Crippen molar-refractivity contribution >= 4 is 16.8 Å². The molecule has 0 aliphatic carbocycles. The van der Waals surface area contributed by atoms with E-state index in [9.17, 15) is 23.1 Å². The van der Waals surface area contributed by atoms with Crippen LogP contribution in [0.5, 0.6) is 0 Å². The van der Waals surface area contributed by atoms with E-state index >= 15 is 0 Å². The second-order valence-electron chi connectivity index (χ2n) is 7.36. The molecule has 2 N–H and O–H groups in total. The average Bonchev–Trinajstić information content (AvgIpc) is 3.31. The van der Waals surface area contributed by atoms with Gasteiger partial charge >= 0.3 is 0 Å². The summed E-state index contributed by atoms with van der Waals surface area (Å²) in [6.45, 7) is 0.530. The number of amides is 1. The number of H-pyrrole nitrogens is 1. The first-order valence-electron chi connectivity index (χ1n) is 9.64. The summed E-state index contributed by atoms with van der Waals surface area (Å²) in [5, 5.41) is 9.81. The van der Waals surface area contributed by atoms with Crippen molar-refractivity contribution in [1.82, 2.24) is 9.88 Å². The Hall–Kier alpha value is -2.80. The molecule has 0 saturated carbocycles. The second kappa shape index (κ2) is 7.91. The van der Waals surface area contributed by atoms with Crippen LogP contribution in [0.2, 0.25) is 0 Å². The molecule has 2 aromatic carbocycles. The second-order valence-corrected chi connectivity index (χ2v) is 7.36. The van der Waals surface area contributed by atoms with E-state index in [1.807, 2.05) is 0 Å². The summed E-state index contributed by atoms with van der Waals surface area (Å²) >= 11 is 0. The van der Waals surface area contributed by atoms with Gasteiger partial charge in [-0.3, -0.25) is 4.79 Å². The van der Waals surface area contributed by atoms with Crippen molar-refractivity contribution < 1.29 is 23.1 Å². The van der Waals surface area contributed by atoms with Crippen molar-refractivity contribution in [3.8, 4) is 11.3 Å². The van der Waals surface area contributed by atoms with E-state index < -0.39 is 17.5 Å². The molecule has 1 amide bonds. The van der Waals surface area contributed by atoms with Gasteiger partial charge in [0.2, 0.25) is 5.91 Å². The van der Waals surface area contributed by atoms with Gasteiger partial charge in [-0.1, -0.05) is 0 Å². The van der Waals surface area contributed by atoms with Crippen LogP contribution < -0.4 is 0 Å². The number of aryl methyl sites for hydroxylation is 1. The Kier molecular flexibility index (Phi) is 5.32. The summed E-state index contributed by atoms with van der Waals surface area (Å²) in [4.78, 5) is 17.3. The Balaban J connectivity index is 1.70. The van der Waals surface area contributed by atoms with Crippen LogP contribution in [0.3, 0.4) is 0 Å². The maximum absolute atomic E-state index is 14.3. The van der Waals surface area contributed by atoms with Crippen LogP contribution >= 0.6 is 0 Å². The van der Waals surface area contributed by atoms with Gasteiger partial charge in [0.05, 0.1) is 18.2 Å². The zero-order valence-electron chi connectivity index (χ0n) is 15.7. The summed E-state index contributed by atoms with van der Waals surface area (Å²) in [7, 11) is 0. The highest BCUT2D eigenvalue weighted by Gasteiger charge is 2.28. The molecule has 7 heteroatoms. The third-order valence-corrected chi connectivity index (χ3v) is 5.56. The third-order valence-electron chi connectivity index (χ3n) is 5.56. The fourth-order valence-electron chi connectivity index (χ4n) is 4.13. The molecule has 2 heterocycles. The minimum atomic E-state index is -0.721. The van der Waals surface area contributed by atoms with Crippen molar-refractivity contribution in [2.24, 2.45) is 0 Å². The maximum atomic E-state index is 14.3. The van der Waals surface area contributed by atoms with Gasteiger partial charge in [-0.25, -0.2) is 13.2 Å². The number of fused-ring (bicyclic) bond motifs is 1. The third kappa shape index (κ3) is 3.74. The van der Waals surface area contributed by atoms with Crippen molar-refractivity contribution in [2.45, 2.75) is 31.7 Å². The molecular weight excluding hydrogens is 381 g/mol. The molecule has 0 radical (unpaired) electrons. The number of nitrogens with zero attached hydrogens (tertiary/aromatic N) is 1. The molecule has 1 aliphatic heterocycles. The highest BCUT2D eigenvalue weighted by atomic mass is 19.1. The number of halogens is 3. The zero-order valence-corrected chi connectivity index (χ0v) is 15.7. The Bertz CT molecular complexity index is 1050. The maximum Gasteiger partial charge on any atom is 0.223 e. The lowest BCUT2D eigenvalue weighted by atomic mass is 10.0. The van der Waals surface area contributed by atoms with E-state index in [1.54, 1.807) is 17.0 Å². The predicted molar refractivity (Wildman–Crippen MR) is 104 cm³/mol. The fourth-order valence-corrected chi connectivity index (χ4v) is 4.13. The molecular formula is C22H21F3N2O2. The summed E-state index contributed by atoms with van der Waals surface area (Å²) in [6.07, 6.45) is 2.03. The van der Waals surface area contributed by atoms with Crippen LogP contribution in [0.15, 0.2) is 36.4 Å². The number of aromatic amines is 1. The summed E-state index contributed by atoms with van der Waals surface area (Å²) in [5.74, 6) is -1.92. The van der Waals surface area contributed by atoms with Crippen LogP contribution in [0.25, 0.3) is 22.2 Å². The molecule has 1 aromatic heterocycles. The normalized spacial score (nSPS) is 16.7. The quantitative estimate of drug-likeness (QED) is 0.673. The van der Waals surface area contributed by atoms with Crippen molar-refractivity contribution in [3.05, 3.63) is 59.4 Å². The van der Waals surface area contributed by atoms with E-state index in [-0.39, 0.29) is 36.9 Å². The summed E-state index contributed by atoms with van der Waals surface area (Å²) in [6, 6.07) is 7.58. The van der Waals surface area contributed by atoms with Gasteiger partial charge in [-0.2, -0.15) is 0 Å². The molecule has 0 spiro atoms. The van der Waals surface area contributed by atoms with Gasteiger partial charge < -0.3 is 15.0 Å². The first kappa shape index (κ1) is 19.5. The van der Waals surface area contributed by atoms with Crippen LogP contribution in [0, 0.1) is 17.5 Å². The van der Waals surface area contributed by atoms with Gasteiger partial charge in [0.15, 0.2) is 0 Å². The zero-order chi connectivity index (χ0) is 20.5. The largest absolute Gasteiger partial charge is 0.394 e. The van der Waals surface area contributed by atoms with Crippen LogP contribution in [-0.2, 0) is 11.2 Å². The molecule has 1 aliphatic rings. The van der Waals surface area contributed by atoms with Gasteiger partial charge in [-0.15, -0.1) is 0 Å². The van der Waals surface area contributed by atoms with Crippen molar-refractivity contribution in [3.63, 3.8) is 0 Å². The molecule has 4 rings (SSSR count). The van der Waals surface area contributed by atoms with E-state index in [1.165, 1.54) is 18.2 Å². The monoisotopic (exact) mass is 402 g/mol. The molecule has 1 saturated heterocycles. The molecule has 3 aromatic rings. The Labute approximate surface area is 166 Å². The van der Waals surface area contributed by atoms with Gasteiger partial charge in [0, 0.05) is 30.1 Å². The molecule has 1 fully saturated rings. The lowest BCUT2D eigenvalue weighted by Crippen LogP contribution is -2.37. The minimum absolute atomic E-state index is 0.0733. The van der Waals surface area contributed by atoms with Crippen LogP contribution in [0.4, 0.5) is 13.2 Å². The molecule has 0 unspecified atom stereocenters. The number of aliphatic hydroxyl groups is 1. The number of rotatable bonds is 5. The number of nitrogens with one attached hydrogen (secondary N) is 1. The van der Waals surface area contributed by atoms with E-state index in [2.05, 4.69) is 4.98 Å². The molecule has 29 heavy (non-hydrogen) atoms. The first-order valence-corrected chi connectivity index (χ1v) is 9.64. The highest BCUT2D eigenvalue weighted by Crippen LogP contribution is 2.33. The number of hydrogen-bond donors (Lipinski definition) is 2. The molecule has 152 valence electrons. The summed E-state index contributed by atoms with van der Waals surface area (Å²) in [5.41, 5.74) is 1.93. The Morgan fingerprint density at radius 3 is 2.62 bits per heavy atom. The van der Waals surface area contributed by atoms with Crippen molar-refractivity contribution in [1.29, 1.82) is 0 Å². The van der Waals surface area contributed by atoms with Crippen LogP contribution in [0.1, 0.15) is 24.8 Å². The first-order chi connectivity index (χ1) is 14.0. The molecule has 1 atom stereocenters. The highest BCUT2D eigenvalue weighted by molar-refractivity contribution is 5.92. The van der Waals surface area contributed by atoms with Gasteiger partial charge in [0.25, 0.3) is 0 Å². The Morgan fingerprint density at radius 1 is 1.14 bits per heavy atom. The van der Waals surface area contributed by atoms with Gasteiger partial charge in [-0.05, 0) is 60.7 Å². The number of hydrogen-bond acceptors (Lipinski definition) is 2. The topological polar surface area (TPSA) is 56.3 Å². The Morgan fingerprint density at radius 2 is 1.90 bits per heavy atom. The summed E-state index contributed by atoms with van der Waals surface area (Å²) < 4.78 is 41.5. The predicted octanol–water partition coefficient (Wildman–Crippen LogP) is 4.17. The standard InChI is InChI=1S/C22H21F3N2O2/c23-14-5-3-13(4-6-14)21-17(18-10-15(24)11-19(25)22(18)26-21)7-8-20(29)27-9-1-2-16(27)12-28/h3-6,10-11,16,26,28H,1-2,7-9,12H2/t16-/m1/s1. The van der Waals surface area contributed by atoms with E-state index in [0.29, 0.717) is 28.8 Å². The van der Waals surface area contributed by atoms with E-state index in [4.69, 9.17) is 0 Å². The minimum Gasteiger partial charge on any atom is -0.394 e. The molecule has 4 nitrogen and oxygen atoms in total. The number of likely N-dealkylation sites (tertiary alicyclic amines) is 1. The number of carbonyl (C=O) groups is 1. The van der Waals surface area contributed by atoms with E-state index in [0.717, 1.165) is 18.9 Å². The number of aliphatic hydroxyl groups excluding tert-OH is 1. The van der Waals surface area contributed by atoms with Crippen LogP contribution in [-0.4, -0.2) is 40.1 Å². The SMILES string of the molecule is O=C(CCc1c(-c2ccc(F)cc2)[nH]c2c(F)cc(F)cc12)N1CCC[C@@H]1CO. The number of benzene rings is 2. The lowest BCUT2D eigenvalue weighted by molar-refractivity contribution is -0.132. The lowest BCUT2D eigenvalue weighted by Gasteiger charge is -2.23. The average molecular weight is 402 g/mol. The molecule has 0 bridgehead atoms.